The molecule has 5 heteroatoms. The van der Waals surface area contributed by atoms with Crippen molar-refractivity contribution < 1.29 is 19.1 Å². The van der Waals surface area contributed by atoms with E-state index in [1.807, 2.05) is 60.7 Å². The van der Waals surface area contributed by atoms with Crippen molar-refractivity contribution in [1.82, 2.24) is 4.90 Å². The zero-order valence-electron chi connectivity index (χ0n) is 16.9. The largest absolute Gasteiger partial charge is 0.491 e. The van der Waals surface area contributed by atoms with Crippen LogP contribution >= 0.6 is 0 Å². The van der Waals surface area contributed by atoms with Gasteiger partial charge in [0.2, 0.25) is 0 Å². The second-order valence-corrected chi connectivity index (χ2v) is 7.44. The molecule has 0 N–H and O–H groups in total. The Morgan fingerprint density at radius 2 is 1.32 bits per heavy atom. The molecule has 1 aliphatic heterocycles. The Morgan fingerprint density at radius 1 is 0.645 bits per heavy atom. The van der Waals surface area contributed by atoms with Crippen LogP contribution in [-0.4, -0.2) is 43.1 Å². The van der Waals surface area contributed by atoms with E-state index in [0.717, 1.165) is 21.9 Å². The maximum Gasteiger partial charge on any atom is 0.261 e. The monoisotopic (exact) mass is 411 g/mol. The summed E-state index contributed by atoms with van der Waals surface area (Å²) in [4.78, 5) is 27.0. The molecule has 0 spiro atoms. The van der Waals surface area contributed by atoms with E-state index in [-0.39, 0.29) is 25.0 Å². The number of ether oxygens (including phenoxy) is 2. The lowest BCUT2D eigenvalue weighted by molar-refractivity contribution is 0.0490. The Morgan fingerprint density at radius 3 is 2.06 bits per heavy atom. The van der Waals surface area contributed by atoms with Crippen LogP contribution in [-0.2, 0) is 4.74 Å². The first-order valence-electron chi connectivity index (χ1n) is 10.3. The van der Waals surface area contributed by atoms with Gasteiger partial charge in [0.25, 0.3) is 11.8 Å². The lowest BCUT2D eigenvalue weighted by Gasteiger charge is -2.27. The lowest BCUT2D eigenvalue weighted by atomic mass is 9.94. The summed E-state index contributed by atoms with van der Waals surface area (Å²) in [5.74, 6) is 0.240. The van der Waals surface area contributed by atoms with Crippen molar-refractivity contribution in [2.45, 2.75) is 0 Å². The number of hydrogen-bond acceptors (Lipinski definition) is 4. The molecule has 0 aliphatic carbocycles. The predicted octanol–water partition coefficient (Wildman–Crippen LogP) is 4.68. The minimum Gasteiger partial charge on any atom is -0.491 e. The second-order valence-electron chi connectivity index (χ2n) is 7.44. The van der Waals surface area contributed by atoms with Crippen LogP contribution in [0.4, 0.5) is 0 Å². The summed E-state index contributed by atoms with van der Waals surface area (Å²) in [7, 11) is 0. The van der Waals surface area contributed by atoms with Crippen molar-refractivity contribution in [2.24, 2.45) is 0 Å². The van der Waals surface area contributed by atoms with Gasteiger partial charge >= 0.3 is 0 Å². The van der Waals surface area contributed by atoms with Gasteiger partial charge in [0, 0.05) is 16.5 Å². The van der Waals surface area contributed by atoms with E-state index in [4.69, 9.17) is 9.47 Å². The number of benzene rings is 4. The van der Waals surface area contributed by atoms with Crippen molar-refractivity contribution in [1.29, 1.82) is 0 Å². The van der Waals surface area contributed by atoms with Crippen molar-refractivity contribution in [3.8, 4) is 5.75 Å². The lowest BCUT2D eigenvalue weighted by Crippen LogP contribution is -2.42. The minimum absolute atomic E-state index is 0.207. The fourth-order valence-corrected chi connectivity index (χ4v) is 4.02. The molecule has 0 fully saturated rings. The first-order valence-corrected chi connectivity index (χ1v) is 10.3. The number of nitrogens with zero attached hydrogens (tertiary/aromatic N) is 1. The van der Waals surface area contributed by atoms with Crippen LogP contribution in [0.5, 0.6) is 5.75 Å². The first-order chi connectivity index (χ1) is 15.2. The smallest absolute Gasteiger partial charge is 0.261 e. The van der Waals surface area contributed by atoms with Crippen LogP contribution in [0, 0.1) is 0 Å². The van der Waals surface area contributed by atoms with Gasteiger partial charge in [0.05, 0.1) is 19.8 Å². The summed E-state index contributed by atoms with van der Waals surface area (Å²) in [6.45, 7) is 1.23. The van der Waals surface area contributed by atoms with E-state index in [2.05, 4.69) is 6.07 Å². The molecule has 0 saturated carbocycles. The Labute approximate surface area is 179 Å². The maximum atomic E-state index is 12.9. The van der Waals surface area contributed by atoms with E-state index in [0.29, 0.717) is 24.3 Å². The van der Waals surface area contributed by atoms with Crippen LogP contribution in [0.1, 0.15) is 20.7 Å². The molecule has 2 amide bonds. The van der Waals surface area contributed by atoms with Crippen molar-refractivity contribution in [3.63, 3.8) is 0 Å². The maximum absolute atomic E-state index is 12.9. The molecule has 0 saturated heterocycles. The van der Waals surface area contributed by atoms with Gasteiger partial charge in [-0.25, -0.2) is 0 Å². The number of carbonyl (C=O) groups is 2. The summed E-state index contributed by atoms with van der Waals surface area (Å²) in [6, 6.07) is 25.1. The molecule has 1 heterocycles. The third-order valence-corrected chi connectivity index (χ3v) is 5.53. The van der Waals surface area contributed by atoms with Crippen molar-refractivity contribution in [3.05, 3.63) is 90.0 Å². The molecule has 0 bridgehead atoms. The fourth-order valence-electron chi connectivity index (χ4n) is 4.02. The molecule has 31 heavy (non-hydrogen) atoms. The molecule has 0 unspecified atom stereocenters. The van der Waals surface area contributed by atoms with Crippen molar-refractivity contribution in [2.75, 3.05) is 26.4 Å². The van der Waals surface area contributed by atoms with Crippen LogP contribution in [0.3, 0.4) is 0 Å². The molecule has 4 aromatic rings. The van der Waals surface area contributed by atoms with Gasteiger partial charge < -0.3 is 9.47 Å². The summed E-state index contributed by atoms with van der Waals surface area (Å²) in [5.41, 5.74) is 1.12. The summed E-state index contributed by atoms with van der Waals surface area (Å²) >= 11 is 0. The zero-order valence-corrected chi connectivity index (χ0v) is 16.9. The van der Waals surface area contributed by atoms with E-state index in [1.54, 1.807) is 12.1 Å². The van der Waals surface area contributed by atoms with E-state index in [9.17, 15) is 9.59 Å². The number of amides is 2. The quantitative estimate of drug-likeness (QED) is 0.327. The Kier molecular flexibility index (Phi) is 5.10. The highest BCUT2D eigenvalue weighted by Crippen LogP contribution is 2.29. The molecule has 5 nitrogen and oxygen atoms in total. The number of hydrogen-bond donors (Lipinski definition) is 0. The predicted molar refractivity (Wildman–Crippen MR) is 120 cm³/mol. The molecule has 4 aromatic carbocycles. The van der Waals surface area contributed by atoms with Crippen LogP contribution < -0.4 is 4.74 Å². The van der Waals surface area contributed by atoms with Gasteiger partial charge in [-0.2, -0.15) is 0 Å². The number of carbonyl (C=O) groups excluding carboxylic acids is 2. The zero-order chi connectivity index (χ0) is 21.2. The highest BCUT2D eigenvalue weighted by Gasteiger charge is 2.32. The van der Waals surface area contributed by atoms with Crippen molar-refractivity contribution >= 4 is 33.4 Å². The molecule has 5 rings (SSSR count). The van der Waals surface area contributed by atoms with Crippen LogP contribution in [0.25, 0.3) is 21.5 Å². The Balaban J connectivity index is 1.15. The summed E-state index contributed by atoms with van der Waals surface area (Å²) < 4.78 is 11.4. The van der Waals surface area contributed by atoms with Gasteiger partial charge in [0.1, 0.15) is 12.4 Å². The van der Waals surface area contributed by atoms with Crippen LogP contribution in [0.15, 0.2) is 78.9 Å². The van der Waals surface area contributed by atoms with Crippen LogP contribution in [0.2, 0.25) is 0 Å². The van der Waals surface area contributed by atoms with E-state index >= 15 is 0 Å². The molecule has 0 aromatic heterocycles. The van der Waals surface area contributed by atoms with Gasteiger partial charge in [-0.1, -0.05) is 54.6 Å². The van der Waals surface area contributed by atoms with E-state index in [1.165, 1.54) is 10.3 Å². The summed E-state index contributed by atoms with van der Waals surface area (Å²) in [5, 5.41) is 3.93. The molecular formula is C26H21NO4. The number of fused-ring (bicyclic) bond motifs is 1. The Hall–Kier alpha value is -3.70. The minimum atomic E-state index is -0.273. The van der Waals surface area contributed by atoms with Gasteiger partial charge in [-0.15, -0.1) is 0 Å². The third kappa shape index (κ3) is 3.64. The third-order valence-electron chi connectivity index (χ3n) is 5.53. The Bertz CT molecular complexity index is 1250. The fraction of sp³-hybridized carbons (Fsp3) is 0.154. The molecule has 154 valence electrons. The summed E-state index contributed by atoms with van der Waals surface area (Å²) in [6.07, 6.45) is 0. The van der Waals surface area contributed by atoms with Gasteiger partial charge in [0.15, 0.2) is 0 Å². The van der Waals surface area contributed by atoms with E-state index < -0.39 is 0 Å². The first kappa shape index (κ1) is 19.3. The SMILES string of the molecule is O=C1c2cccc3cccc(c23)C(=O)N1CCOCCOc1ccc2ccccc2c1. The molecular weight excluding hydrogens is 390 g/mol. The normalized spacial score (nSPS) is 13.2. The average molecular weight is 411 g/mol. The highest BCUT2D eigenvalue weighted by atomic mass is 16.5. The number of imide groups is 1. The second kappa shape index (κ2) is 8.20. The van der Waals surface area contributed by atoms with Gasteiger partial charge in [-0.3, -0.25) is 14.5 Å². The highest BCUT2D eigenvalue weighted by molar-refractivity contribution is 6.25. The molecule has 1 aliphatic rings. The number of rotatable bonds is 7. The average Bonchev–Trinajstić information content (AvgIpc) is 2.81. The topological polar surface area (TPSA) is 55.8 Å². The standard InChI is InChI=1S/C26H21NO4/c28-25-22-9-3-7-19-8-4-10-23(24(19)22)26(29)27(25)13-14-30-15-16-31-21-12-11-18-5-1-2-6-20(18)17-21/h1-12,17H,13-16H2. The van der Waals surface area contributed by atoms with Gasteiger partial charge in [-0.05, 0) is 40.4 Å². The molecule has 0 atom stereocenters. The molecule has 0 radical (unpaired) electrons.